The van der Waals surface area contributed by atoms with Crippen molar-refractivity contribution in [2.45, 2.75) is 43.4 Å². The molecule has 4 rings (SSSR count). The van der Waals surface area contributed by atoms with E-state index in [0.29, 0.717) is 29.2 Å². The summed E-state index contributed by atoms with van der Waals surface area (Å²) in [5.41, 5.74) is 4.15. The van der Waals surface area contributed by atoms with Gasteiger partial charge in [0.15, 0.2) is 0 Å². The standard InChI is InChI=1S/C24H25ClO6/c1-2-13-5-7-14(8-6-13)10-15-11-17(23-16(19(15)25)4-3-9-30-23)24-22(29)21(28)20(27)18(12-26)31-24/h2-3,5-9,11,18,20-22,24,26-29H,1,4,10,12H2/t18-,20-,21+,22-,24+/m1/s1. The number of hydrogen-bond acceptors (Lipinski definition) is 6. The summed E-state index contributed by atoms with van der Waals surface area (Å²) in [4.78, 5) is 0. The molecule has 7 heteroatoms. The van der Waals surface area contributed by atoms with E-state index in [2.05, 4.69) is 6.58 Å². The number of rotatable bonds is 5. The van der Waals surface area contributed by atoms with Crippen molar-refractivity contribution >= 4 is 17.7 Å². The van der Waals surface area contributed by atoms with Gasteiger partial charge in [-0.15, -0.1) is 0 Å². The topological polar surface area (TPSA) is 99.4 Å². The van der Waals surface area contributed by atoms with Gasteiger partial charge >= 0.3 is 0 Å². The number of fused-ring (bicyclic) bond motifs is 1. The first kappa shape index (κ1) is 22.0. The molecule has 2 aliphatic rings. The number of aliphatic hydroxyl groups excluding tert-OH is 4. The van der Waals surface area contributed by atoms with E-state index in [4.69, 9.17) is 21.1 Å². The summed E-state index contributed by atoms with van der Waals surface area (Å²) in [6, 6.07) is 9.74. The summed E-state index contributed by atoms with van der Waals surface area (Å²) in [7, 11) is 0. The zero-order chi connectivity index (χ0) is 22.1. The van der Waals surface area contributed by atoms with Crippen LogP contribution in [0.15, 0.2) is 49.2 Å². The molecule has 0 aliphatic carbocycles. The van der Waals surface area contributed by atoms with Crippen LogP contribution in [-0.4, -0.2) is 51.4 Å². The Morgan fingerprint density at radius 1 is 1.10 bits per heavy atom. The molecule has 0 saturated carbocycles. The quantitative estimate of drug-likeness (QED) is 0.565. The number of benzene rings is 2. The zero-order valence-electron chi connectivity index (χ0n) is 16.8. The average Bonchev–Trinajstić information content (AvgIpc) is 2.80. The van der Waals surface area contributed by atoms with Crippen molar-refractivity contribution in [3.8, 4) is 5.75 Å². The molecule has 4 N–H and O–H groups in total. The second-order valence-electron chi connectivity index (χ2n) is 7.81. The Morgan fingerprint density at radius 2 is 1.84 bits per heavy atom. The summed E-state index contributed by atoms with van der Waals surface area (Å²) in [5.74, 6) is 0.461. The van der Waals surface area contributed by atoms with Gasteiger partial charge in [-0.25, -0.2) is 0 Å². The van der Waals surface area contributed by atoms with Gasteiger partial charge in [-0.1, -0.05) is 48.5 Å². The molecule has 2 aliphatic heterocycles. The van der Waals surface area contributed by atoms with Crippen LogP contribution in [0.5, 0.6) is 5.75 Å². The highest BCUT2D eigenvalue weighted by atomic mass is 35.5. The normalized spacial score (nSPS) is 27.5. The zero-order valence-corrected chi connectivity index (χ0v) is 17.6. The molecule has 2 aromatic carbocycles. The fraction of sp³-hybridized carbons (Fsp3) is 0.333. The van der Waals surface area contributed by atoms with E-state index in [-0.39, 0.29) is 0 Å². The van der Waals surface area contributed by atoms with Gasteiger partial charge in [-0.2, -0.15) is 0 Å². The maximum Gasteiger partial charge on any atom is 0.137 e. The van der Waals surface area contributed by atoms with Gasteiger partial charge in [0, 0.05) is 11.1 Å². The molecule has 5 atom stereocenters. The molecule has 0 radical (unpaired) electrons. The molecule has 0 unspecified atom stereocenters. The van der Waals surface area contributed by atoms with Gasteiger partial charge in [-0.3, -0.25) is 0 Å². The van der Waals surface area contributed by atoms with Crippen LogP contribution in [-0.2, 0) is 17.6 Å². The molecule has 1 saturated heterocycles. The van der Waals surface area contributed by atoms with Crippen LogP contribution in [0, 0.1) is 0 Å². The SMILES string of the molecule is C=Cc1ccc(Cc2cc([C@@H]3O[C@H](CO)[C@@H](O)[C@H](O)[C@H]3O)c3c(c2Cl)CC=CO3)cc1. The molecule has 164 valence electrons. The monoisotopic (exact) mass is 444 g/mol. The van der Waals surface area contributed by atoms with Crippen LogP contribution < -0.4 is 4.74 Å². The Labute approximate surface area is 185 Å². The van der Waals surface area contributed by atoms with Gasteiger partial charge in [0.1, 0.15) is 36.3 Å². The van der Waals surface area contributed by atoms with Gasteiger partial charge < -0.3 is 29.9 Å². The highest BCUT2D eigenvalue weighted by Crippen LogP contribution is 2.44. The molecule has 0 bridgehead atoms. The summed E-state index contributed by atoms with van der Waals surface area (Å²) in [6.45, 7) is 3.27. The maximum absolute atomic E-state index is 10.7. The van der Waals surface area contributed by atoms with Crippen LogP contribution in [0.25, 0.3) is 6.08 Å². The first-order chi connectivity index (χ1) is 14.9. The van der Waals surface area contributed by atoms with E-state index in [0.717, 1.165) is 22.3 Å². The smallest absolute Gasteiger partial charge is 0.137 e. The number of halogens is 1. The molecule has 31 heavy (non-hydrogen) atoms. The van der Waals surface area contributed by atoms with Crippen molar-refractivity contribution in [3.05, 3.63) is 82.1 Å². The van der Waals surface area contributed by atoms with Crippen LogP contribution >= 0.6 is 11.6 Å². The van der Waals surface area contributed by atoms with Crippen molar-refractivity contribution in [2.24, 2.45) is 0 Å². The summed E-state index contributed by atoms with van der Waals surface area (Å²) >= 11 is 6.73. The Morgan fingerprint density at radius 3 is 2.52 bits per heavy atom. The van der Waals surface area contributed by atoms with Crippen LogP contribution in [0.1, 0.15) is 33.9 Å². The Hall–Kier alpha value is -2.19. The minimum atomic E-state index is -1.48. The molecule has 2 aromatic rings. The summed E-state index contributed by atoms with van der Waals surface area (Å²) in [6.07, 6.45) is -0.0839. The highest BCUT2D eigenvalue weighted by molar-refractivity contribution is 6.32. The average molecular weight is 445 g/mol. The predicted molar refractivity (Wildman–Crippen MR) is 117 cm³/mol. The molecule has 6 nitrogen and oxygen atoms in total. The summed E-state index contributed by atoms with van der Waals surface area (Å²) < 4.78 is 11.5. The minimum absolute atomic E-state index is 0.461. The number of ether oxygens (including phenoxy) is 2. The lowest BCUT2D eigenvalue weighted by atomic mass is 9.87. The number of hydrogen-bond donors (Lipinski definition) is 4. The molecular formula is C24H25ClO6. The Bertz CT molecular complexity index is 985. The largest absolute Gasteiger partial charge is 0.465 e. The Balaban J connectivity index is 1.76. The first-order valence-electron chi connectivity index (χ1n) is 10.1. The van der Waals surface area contributed by atoms with Gasteiger partial charge in [0.25, 0.3) is 0 Å². The fourth-order valence-corrected chi connectivity index (χ4v) is 4.36. The van der Waals surface area contributed by atoms with Crippen LogP contribution in [0.4, 0.5) is 0 Å². The molecule has 2 heterocycles. The molecule has 0 aromatic heterocycles. The first-order valence-corrected chi connectivity index (χ1v) is 10.5. The van der Waals surface area contributed by atoms with E-state index in [9.17, 15) is 20.4 Å². The predicted octanol–water partition coefficient (Wildman–Crippen LogP) is 2.54. The fourth-order valence-electron chi connectivity index (χ4n) is 4.08. The van der Waals surface area contributed by atoms with E-state index in [1.165, 1.54) is 0 Å². The second-order valence-corrected chi connectivity index (χ2v) is 8.19. The van der Waals surface area contributed by atoms with Gasteiger partial charge in [0.2, 0.25) is 0 Å². The van der Waals surface area contributed by atoms with Gasteiger partial charge in [0.05, 0.1) is 17.9 Å². The molecule has 0 spiro atoms. The Kier molecular flexibility index (Phi) is 6.48. The van der Waals surface area contributed by atoms with E-state index < -0.39 is 37.1 Å². The summed E-state index contributed by atoms with van der Waals surface area (Å²) in [5, 5.41) is 41.2. The van der Waals surface area contributed by atoms with E-state index >= 15 is 0 Å². The lowest BCUT2D eigenvalue weighted by Gasteiger charge is -2.41. The van der Waals surface area contributed by atoms with Crippen molar-refractivity contribution < 1.29 is 29.9 Å². The lowest BCUT2D eigenvalue weighted by Crippen LogP contribution is -2.55. The van der Waals surface area contributed by atoms with Crippen molar-refractivity contribution in [1.82, 2.24) is 0 Å². The molecular weight excluding hydrogens is 420 g/mol. The third-order valence-electron chi connectivity index (χ3n) is 5.83. The molecule has 0 amide bonds. The van der Waals surface area contributed by atoms with Crippen molar-refractivity contribution in [1.29, 1.82) is 0 Å². The van der Waals surface area contributed by atoms with Crippen molar-refractivity contribution in [2.75, 3.05) is 6.61 Å². The van der Waals surface area contributed by atoms with Crippen LogP contribution in [0.2, 0.25) is 5.02 Å². The molecule has 1 fully saturated rings. The highest BCUT2D eigenvalue weighted by Gasteiger charge is 2.45. The third kappa shape index (κ3) is 4.15. The second kappa shape index (κ2) is 9.12. The number of aliphatic hydroxyl groups is 4. The lowest BCUT2D eigenvalue weighted by molar-refractivity contribution is -0.232. The van der Waals surface area contributed by atoms with Crippen molar-refractivity contribution in [3.63, 3.8) is 0 Å². The van der Waals surface area contributed by atoms with E-state index in [1.807, 2.05) is 30.3 Å². The van der Waals surface area contributed by atoms with Gasteiger partial charge in [-0.05, 0) is 41.7 Å². The minimum Gasteiger partial charge on any atom is -0.465 e. The van der Waals surface area contributed by atoms with E-state index in [1.54, 1.807) is 18.4 Å². The van der Waals surface area contributed by atoms with Crippen LogP contribution in [0.3, 0.4) is 0 Å². The maximum atomic E-state index is 10.7. The number of allylic oxidation sites excluding steroid dienone is 1. The third-order valence-corrected chi connectivity index (χ3v) is 6.30.